The lowest BCUT2D eigenvalue weighted by Crippen LogP contribution is -2.45. The van der Waals surface area contributed by atoms with Gasteiger partial charge in [-0.3, -0.25) is 0 Å². The Morgan fingerprint density at radius 2 is 1.60 bits per heavy atom. The second-order valence-corrected chi connectivity index (χ2v) is 9.92. The molecule has 0 spiro atoms. The zero-order valence-electron chi connectivity index (χ0n) is 17.0. The van der Waals surface area contributed by atoms with Crippen molar-refractivity contribution in [1.82, 2.24) is 4.98 Å². The van der Waals surface area contributed by atoms with E-state index in [0.717, 1.165) is 5.56 Å². The van der Waals surface area contributed by atoms with Gasteiger partial charge in [0.1, 0.15) is 0 Å². The predicted octanol–water partition coefficient (Wildman–Crippen LogP) is 4.75. The van der Waals surface area contributed by atoms with E-state index in [4.69, 9.17) is 20.8 Å². The third-order valence-corrected chi connectivity index (χ3v) is 6.88. The summed E-state index contributed by atoms with van der Waals surface area (Å²) in [6.07, 6.45) is -0.125. The number of anilines is 1. The smallest absolute Gasteiger partial charge is 0.236 e. The zero-order chi connectivity index (χ0) is 21.5. The minimum absolute atomic E-state index is 0.0623. The summed E-state index contributed by atoms with van der Waals surface area (Å²) in [4.78, 5) is 6.45. The number of hydrogen-bond donors (Lipinski definition) is 0. The topological polar surface area (TPSA) is 72.6 Å². The standard InChI is InChI=1S/C22H23ClN2O4S/c1-14-4-6-17(7-5-14)20-24-21(30(26,27)19-10-8-18(23)9-11-19)22(29-20)25-12-15(2)28-16(3)13-25/h4-11,15-16H,12-13H2,1-3H3. The summed E-state index contributed by atoms with van der Waals surface area (Å²) in [6, 6.07) is 13.7. The van der Waals surface area contributed by atoms with Gasteiger partial charge in [-0.1, -0.05) is 29.3 Å². The maximum atomic E-state index is 13.4. The first-order chi connectivity index (χ1) is 14.2. The molecule has 2 unspecified atom stereocenters. The van der Waals surface area contributed by atoms with Gasteiger partial charge in [-0.05, 0) is 57.2 Å². The van der Waals surface area contributed by atoms with Crippen LogP contribution in [0.25, 0.3) is 11.5 Å². The summed E-state index contributed by atoms with van der Waals surface area (Å²) in [5.41, 5.74) is 1.81. The number of oxazole rings is 1. The Balaban J connectivity index is 1.85. The fourth-order valence-corrected chi connectivity index (χ4v) is 5.01. The predicted molar refractivity (Wildman–Crippen MR) is 116 cm³/mol. The maximum Gasteiger partial charge on any atom is 0.236 e. The van der Waals surface area contributed by atoms with Crippen molar-refractivity contribution in [3.63, 3.8) is 0 Å². The summed E-state index contributed by atoms with van der Waals surface area (Å²) in [6.45, 7) is 6.91. The van der Waals surface area contributed by atoms with Crippen LogP contribution in [0, 0.1) is 6.92 Å². The molecule has 0 aliphatic carbocycles. The van der Waals surface area contributed by atoms with Crippen LogP contribution in [0.4, 0.5) is 5.88 Å². The van der Waals surface area contributed by atoms with Crippen molar-refractivity contribution in [2.24, 2.45) is 0 Å². The molecule has 2 aromatic carbocycles. The molecule has 158 valence electrons. The van der Waals surface area contributed by atoms with Gasteiger partial charge < -0.3 is 14.1 Å². The number of benzene rings is 2. The van der Waals surface area contributed by atoms with Crippen LogP contribution in [-0.2, 0) is 14.6 Å². The van der Waals surface area contributed by atoms with Crippen LogP contribution in [0.3, 0.4) is 0 Å². The SMILES string of the molecule is Cc1ccc(-c2nc(S(=O)(=O)c3ccc(Cl)cc3)c(N3CC(C)OC(C)C3)o2)cc1. The molecule has 8 heteroatoms. The third-order valence-electron chi connectivity index (χ3n) is 4.96. The van der Waals surface area contributed by atoms with E-state index in [0.29, 0.717) is 23.7 Å². The molecular weight excluding hydrogens is 424 g/mol. The van der Waals surface area contributed by atoms with E-state index in [9.17, 15) is 8.42 Å². The van der Waals surface area contributed by atoms with Gasteiger partial charge in [-0.15, -0.1) is 0 Å². The fourth-order valence-electron chi connectivity index (χ4n) is 3.56. The lowest BCUT2D eigenvalue weighted by Gasteiger charge is -2.35. The highest BCUT2D eigenvalue weighted by molar-refractivity contribution is 7.91. The fraction of sp³-hybridized carbons (Fsp3) is 0.318. The molecule has 1 aliphatic heterocycles. The van der Waals surface area contributed by atoms with E-state index in [1.54, 1.807) is 12.1 Å². The molecule has 6 nitrogen and oxygen atoms in total. The molecule has 1 aromatic heterocycles. The Morgan fingerprint density at radius 1 is 1.00 bits per heavy atom. The maximum absolute atomic E-state index is 13.4. The van der Waals surface area contributed by atoms with Gasteiger partial charge in [0, 0.05) is 23.7 Å². The van der Waals surface area contributed by atoms with E-state index in [1.165, 1.54) is 12.1 Å². The molecule has 2 atom stereocenters. The molecule has 1 aliphatic rings. The van der Waals surface area contributed by atoms with Crippen LogP contribution in [0.2, 0.25) is 5.02 Å². The van der Waals surface area contributed by atoms with Crippen molar-refractivity contribution in [3.05, 3.63) is 59.1 Å². The number of morpholine rings is 1. The molecule has 1 fully saturated rings. The molecule has 4 rings (SSSR count). The minimum Gasteiger partial charge on any atom is -0.419 e. The lowest BCUT2D eigenvalue weighted by atomic mass is 10.1. The van der Waals surface area contributed by atoms with Gasteiger partial charge in [0.25, 0.3) is 0 Å². The highest BCUT2D eigenvalue weighted by Gasteiger charge is 2.34. The molecule has 0 radical (unpaired) electrons. The van der Waals surface area contributed by atoms with E-state index in [-0.39, 0.29) is 33.9 Å². The van der Waals surface area contributed by atoms with Crippen LogP contribution in [0.15, 0.2) is 62.9 Å². The average molecular weight is 447 g/mol. The van der Waals surface area contributed by atoms with Gasteiger partial charge in [0.15, 0.2) is 0 Å². The number of aryl methyl sites for hydroxylation is 1. The Bertz CT molecular complexity index is 1130. The van der Waals surface area contributed by atoms with E-state index in [1.807, 2.05) is 49.9 Å². The highest BCUT2D eigenvalue weighted by Crippen LogP contribution is 2.36. The first kappa shape index (κ1) is 20.9. The van der Waals surface area contributed by atoms with Crippen molar-refractivity contribution >= 4 is 27.3 Å². The van der Waals surface area contributed by atoms with Crippen LogP contribution < -0.4 is 4.90 Å². The largest absolute Gasteiger partial charge is 0.419 e. The Kier molecular flexibility index (Phi) is 5.61. The van der Waals surface area contributed by atoms with Gasteiger partial charge >= 0.3 is 0 Å². The van der Waals surface area contributed by atoms with Crippen LogP contribution in [-0.4, -0.2) is 38.7 Å². The Hall–Kier alpha value is -2.35. The number of nitrogens with zero attached hydrogens (tertiary/aromatic N) is 2. The van der Waals surface area contributed by atoms with Crippen molar-refractivity contribution in [2.45, 2.75) is 42.9 Å². The van der Waals surface area contributed by atoms with Gasteiger partial charge in [0.05, 0.1) is 17.1 Å². The Labute approximate surface area is 181 Å². The summed E-state index contributed by atoms with van der Waals surface area (Å²) >= 11 is 5.94. The van der Waals surface area contributed by atoms with E-state index >= 15 is 0 Å². The first-order valence-corrected chi connectivity index (χ1v) is 11.6. The van der Waals surface area contributed by atoms with Gasteiger partial charge in [-0.2, -0.15) is 4.98 Å². The van der Waals surface area contributed by atoms with Crippen molar-refractivity contribution in [2.75, 3.05) is 18.0 Å². The molecule has 30 heavy (non-hydrogen) atoms. The van der Waals surface area contributed by atoms with E-state index < -0.39 is 9.84 Å². The number of aromatic nitrogens is 1. The second-order valence-electron chi connectivity index (χ2n) is 7.62. The molecule has 0 bridgehead atoms. The molecule has 2 heterocycles. The van der Waals surface area contributed by atoms with Crippen molar-refractivity contribution in [1.29, 1.82) is 0 Å². The van der Waals surface area contributed by atoms with Crippen molar-refractivity contribution in [3.8, 4) is 11.5 Å². The average Bonchev–Trinajstić information content (AvgIpc) is 3.14. The van der Waals surface area contributed by atoms with Crippen molar-refractivity contribution < 1.29 is 17.6 Å². The monoisotopic (exact) mass is 446 g/mol. The normalized spacial score (nSPS) is 19.8. The summed E-state index contributed by atoms with van der Waals surface area (Å²) < 4.78 is 38.8. The molecular formula is C22H23ClN2O4S. The first-order valence-electron chi connectivity index (χ1n) is 9.73. The zero-order valence-corrected chi connectivity index (χ0v) is 18.6. The Morgan fingerprint density at radius 3 is 2.20 bits per heavy atom. The molecule has 0 saturated carbocycles. The third kappa shape index (κ3) is 4.10. The van der Waals surface area contributed by atoms with Gasteiger partial charge in [0.2, 0.25) is 26.6 Å². The number of sulfone groups is 1. The van der Waals surface area contributed by atoms with Crippen LogP contribution >= 0.6 is 11.6 Å². The summed E-state index contributed by atoms with van der Waals surface area (Å²) in [5.74, 6) is 0.506. The van der Waals surface area contributed by atoms with Gasteiger partial charge in [-0.25, -0.2) is 8.42 Å². The quantitative estimate of drug-likeness (QED) is 0.575. The minimum atomic E-state index is -3.91. The van der Waals surface area contributed by atoms with Crippen LogP contribution in [0.1, 0.15) is 19.4 Å². The van der Waals surface area contributed by atoms with E-state index in [2.05, 4.69) is 4.98 Å². The lowest BCUT2D eigenvalue weighted by molar-refractivity contribution is -0.00657. The summed E-state index contributed by atoms with van der Waals surface area (Å²) in [7, 11) is -3.91. The molecule has 0 amide bonds. The number of hydrogen-bond acceptors (Lipinski definition) is 6. The summed E-state index contributed by atoms with van der Waals surface area (Å²) in [5, 5.41) is 0.368. The number of rotatable bonds is 4. The number of halogens is 1. The molecule has 1 saturated heterocycles. The molecule has 3 aromatic rings. The highest BCUT2D eigenvalue weighted by atomic mass is 35.5. The number of ether oxygens (including phenoxy) is 1. The molecule has 0 N–H and O–H groups in total. The van der Waals surface area contributed by atoms with Crippen LogP contribution in [0.5, 0.6) is 0 Å². The second kappa shape index (κ2) is 8.06.